The number of benzene rings is 2. The third kappa shape index (κ3) is 4.36. The predicted molar refractivity (Wildman–Crippen MR) is 147 cm³/mol. The second-order valence-corrected chi connectivity index (χ2v) is 15.0. The predicted octanol–water partition coefficient (Wildman–Crippen LogP) is 1.15. The molecule has 0 radical (unpaired) electrons. The van der Waals surface area contributed by atoms with Gasteiger partial charge in [-0.3, -0.25) is 14.3 Å². The van der Waals surface area contributed by atoms with Crippen LogP contribution in [0.2, 0.25) is 5.04 Å². The number of nitrogens with two attached hydrogens (primary N) is 1. The van der Waals surface area contributed by atoms with Crippen molar-refractivity contribution < 1.29 is 19.4 Å². The van der Waals surface area contributed by atoms with Crippen molar-refractivity contribution in [2.24, 2.45) is 5.92 Å². The molecule has 10 nitrogen and oxygen atoms in total. The lowest BCUT2D eigenvalue weighted by molar-refractivity contribution is -0.0475. The first-order valence-corrected chi connectivity index (χ1v) is 14.5. The molecule has 1 fully saturated rings. The molecule has 3 heterocycles. The number of hydrogen-bond acceptors (Lipinski definition) is 8. The molecule has 1 saturated heterocycles. The van der Waals surface area contributed by atoms with Crippen molar-refractivity contribution >= 4 is 35.8 Å². The van der Waals surface area contributed by atoms with Crippen molar-refractivity contribution in [1.29, 1.82) is 0 Å². The number of fused-ring (bicyclic) bond motifs is 1. The lowest BCUT2D eigenvalue weighted by atomic mass is 9.99. The molecule has 0 amide bonds. The van der Waals surface area contributed by atoms with Crippen molar-refractivity contribution in [3.63, 3.8) is 0 Å². The number of rotatable bonds is 7. The van der Waals surface area contributed by atoms with Crippen molar-refractivity contribution in [3.8, 4) is 0 Å². The number of H-pyrrole nitrogens is 1. The van der Waals surface area contributed by atoms with E-state index < -0.39 is 38.2 Å². The minimum absolute atomic E-state index is 0.0676. The Morgan fingerprint density at radius 3 is 2.26 bits per heavy atom. The lowest BCUT2D eigenvalue weighted by Crippen LogP contribution is -2.67. The normalized spacial score (nSPS) is 22.2. The molecular weight excluding hydrogens is 502 g/mol. The third-order valence-electron chi connectivity index (χ3n) is 7.34. The zero-order chi connectivity index (χ0) is 27.1. The van der Waals surface area contributed by atoms with Crippen LogP contribution in [0.25, 0.3) is 11.2 Å². The summed E-state index contributed by atoms with van der Waals surface area (Å²) < 4.78 is 14.8. The Morgan fingerprint density at radius 2 is 1.71 bits per heavy atom. The smallest absolute Gasteiger partial charge is 0.280 e. The van der Waals surface area contributed by atoms with E-state index >= 15 is 0 Å². The zero-order valence-corrected chi connectivity index (χ0v) is 22.6. The van der Waals surface area contributed by atoms with Crippen LogP contribution in [0.4, 0.5) is 5.95 Å². The standard InChI is InChI=1S/C27H33N5O5Si/c1-27(2,3)38(17-10-6-4-7-11-17,18-12-8-5-9-13-18)36-15-20-19(14-33)22(34)25(37-20)32-16-29-21-23(32)30-26(28)31-24(21)35/h4-13,16,19-20,22,25,33-34H,14-15H2,1-3H3,(H3,28,30,31,35)/t19-,20-,22-,25-/m1/s1. The van der Waals surface area contributed by atoms with Crippen molar-refractivity contribution in [2.75, 3.05) is 18.9 Å². The molecule has 4 atom stereocenters. The molecule has 1 aliphatic heterocycles. The van der Waals surface area contributed by atoms with E-state index in [0.29, 0.717) is 0 Å². The van der Waals surface area contributed by atoms with Gasteiger partial charge in [-0.15, -0.1) is 0 Å². The van der Waals surface area contributed by atoms with E-state index in [2.05, 4.69) is 60.0 Å². The number of hydrogen-bond donors (Lipinski definition) is 4. The number of nitrogens with zero attached hydrogens (tertiary/aromatic N) is 3. The van der Waals surface area contributed by atoms with Crippen LogP contribution in [-0.2, 0) is 9.16 Å². The molecule has 2 aromatic carbocycles. The van der Waals surface area contributed by atoms with E-state index in [1.807, 2.05) is 36.4 Å². The fourth-order valence-electron chi connectivity index (χ4n) is 5.51. The second-order valence-electron chi connectivity index (χ2n) is 10.7. The second kappa shape index (κ2) is 10.1. The van der Waals surface area contributed by atoms with E-state index in [4.69, 9.17) is 14.9 Å². The average molecular weight is 536 g/mol. The van der Waals surface area contributed by atoms with Gasteiger partial charge in [-0.1, -0.05) is 81.4 Å². The molecule has 2 aromatic heterocycles. The fraction of sp³-hybridized carbons (Fsp3) is 0.370. The van der Waals surface area contributed by atoms with Crippen molar-refractivity contribution in [1.82, 2.24) is 19.5 Å². The minimum Gasteiger partial charge on any atom is -0.405 e. The Morgan fingerprint density at radius 1 is 1.11 bits per heavy atom. The summed E-state index contributed by atoms with van der Waals surface area (Å²) in [7, 11) is -2.86. The van der Waals surface area contributed by atoms with Crippen LogP contribution in [0.5, 0.6) is 0 Å². The Kier molecular flexibility index (Phi) is 6.97. The molecule has 0 unspecified atom stereocenters. The van der Waals surface area contributed by atoms with Crippen LogP contribution in [0.1, 0.15) is 27.0 Å². The van der Waals surface area contributed by atoms with E-state index in [0.717, 1.165) is 10.4 Å². The Balaban J connectivity index is 1.51. The summed E-state index contributed by atoms with van der Waals surface area (Å²) in [5.74, 6) is -0.697. The number of imidazole rings is 1. The summed E-state index contributed by atoms with van der Waals surface area (Å²) in [5.41, 5.74) is 5.55. The van der Waals surface area contributed by atoms with Crippen molar-refractivity contribution in [2.45, 2.75) is 44.2 Å². The topological polar surface area (TPSA) is 149 Å². The quantitative estimate of drug-likeness (QED) is 0.258. The maximum Gasteiger partial charge on any atom is 0.280 e. The van der Waals surface area contributed by atoms with Gasteiger partial charge in [-0.2, -0.15) is 4.98 Å². The zero-order valence-electron chi connectivity index (χ0n) is 21.6. The molecule has 0 bridgehead atoms. The molecule has 1 aliphatic rings. The number of aromatic nitrogens is 4. The van der Waals surface area contributed by atoms with Crippen LogP contribution >= 0.6 is 0 Å². The van der Waals surface area contributed by atoms with E-state index in [-0.39, 0.29) is 35.4 Å². The van der Waals surface area contributed by atoms with Crippen molar-refractivity contribution in [3.05, 3.63) is 77.3 Å². The lowest BCUT2D eigenvalue weighted by Gasteiger charge is -2.43. The van der Waals surface area contributed by atoms with Crippen LogP contribution in [0.3, 0.4) is 0 Å². The van der Waals surface area contributed by atoms with Gasteiger partial charge in [-0.25, -0.2) is 4.98 Å². The molecule has 4 aromatic rings. The minimum atomic E-state index is -2.86. The van der Waals surface area contributed by atoms with Crippen LogP contribution in [0.15, 0.2) is 71.8 Å². The van der Waals surface area contributed by atoms with Gasteiger partial charge in [0.2, 0.25) is 5.95 Å². The third-order valence-corrected chi connectivity index (χ3v) is 12.3. The van der Waals surface area contributed by atoms with E-state index in [1.54, 1.807) is 0 Å². The molecule has 5 rings (SSSR count). The molecule has 0 saturated carbocycles. The van der Waals surface area contributed by atoms with Crippen LogP contribution < -0.4 is 21.7 Å². The number of anilines is 1. The monoisotopic (exact) mass is 535 g/mol. The summed E-state index contributed by atoms with van der Waals surface area (Å²) in [6, 6.07) is 20.5. The molecule has 0 aliphatic carbocycles. The van der Waals surface area contributed by atoms with Gasteiger partial charge < -0.3 is 25.1 Å². The first kappa shape index (κ1) is 26.3. The number of aliphatic hydroxyl groups is 2. The highest BCUT2D eigenvalue weighted by Crippen LogP contribution is 2.39. The maximum atomic E-state index is 12.3. The summed E-state index contributed by atoms with van der Waals surface area (Å²) in [6.07, 6.45) is -1.26. The van der Waals surface area contributed by atoms with Gasteiger partial charge in [0.1, 0.15) is 6.10 Å². The number of nitrogens with one attached hydrogen (secondary N) is 1. The first-order valence-electron chi connectivity index (χ1n) is 12.6. The molecule has 11 heteroatoms. The van der Waals surface area contributed by atoms with Gasteiger partial charge >= 0.3 is 0 Å². The highest BCUT2D eigenvalue weighted by Gasteiger charge is 2.52. The highest BCUT2D eigenvalue weighted by atomic mass is 28.4. The largest absolute Gasteiger partial charge is 0.405 e. The van der Waals surface area contributed by atoms with E-state index in [1.165, 1.54) is 10.9 Å². The van der Waals surface area contributed by atoms with Gasteiger partial charge in [0.25, 0.3) is 13.9 Å². The average Bonchev–Trinajstić information content (AvgIpc) is 3.45. The Labute approximate surface area is 221 Å². The van der Waals surface area contributed by atoms with Crippen LogP contribution in [-0.4, -0.2) is 63.5 Å². The Hall–Kier alpha value is -3.35. The first-order chi connectivity index (χ1) is 18.2. The molecular formula is C27H33N5O5Si. The molecule has 38 heavy (non-hydrogen) atoms. The number of aromatic amines is 1. The number of ether oxygens (including phenoxy) is 1. The number of nitrogen functional groups attached to an aromatic ring is 1. The SMILES string of the molecule is CC(C)(C)[Si](OC[C@H]1O[C@@H](n2cnc3c(=O)[nH]c(N)nc32)[C@H](O)[C@@H]1CO)(c1ccccc1)c1ccccc1. The fourth-order valence-corrected chi connectivity index (χ4v) is 10.1. The van der Waals surface area contributed by atoms with Gasteiger partial charge in [0, 0.05) is 5.92 Å². The Bertz CT molecular complexity index is 1410. The summed E-state index contributed by atoms with van der Waals surface area (Å²) in [4.78, 5) is 23.0. The highest BCUT2D eigenvalue weighted by molar-refractivity contribution is 6.99. The van der Waals surface area contributed by atoms with Gasteiger partial charge in [0.15, 0.2) is 17.4 Å². The maximum absolute atomic E-state index is 12.3. The van der Waals surface area contributed by atoms with Gasteiger partial charge in [-0.05, 0) is 15.4 Å². The number of aliphatic hydroxyl groups excluding tert-OH is 2. The molecule has 200 valence electrons. The van der Waals surface area contributed by atoms with E-state index in [9.17, 15) is 15.0 Å². The summed E-state index contributed by atoms with van der Waals surface area (Å²) >= 11 is 0. The summed E-state index contributed by atoms with van der Waals surface area (Å²) in [5, 5.41) is 23.4. The summed E-state index contributed by atoms with van der Waals surface area (Å²) in [6.45, 7) is 6.38. The molecule has 5 N–H and O–H groups in total. The van der Waals surface area contributed by atoms with Crippen LogP contribution in [0, 0.1) is 5.92 Å². The molecule has 0 spiro atoms. The van der Waals surface area contributed by atoms with Gasteiger partial charge in [0.05, 0.1) is 25.6 Å².